The van der Waals surface area contributed by atoms with Crippen LogP contribution < -0.4 is 0 Å². The third-order valence-corrected chi connectivity index (χ3v) is 5.53. The van der Waals surface area contributed by atoms with E-state index in [0.29, 0.717) is 17.6 Å². The summed E-state index contributed by atoms with van der Waals surface area (Å²) in [6, 6.07) is 3.65. The molecule has 0 radical (unpaired) electrons. The van der Waals surface area contributed by atoms with Gasteiger partial charge in [-0.05, 0) is 36.8 Å². The fourth-order valence-corrected chi connectivity index (χ4v) is 4.01. The molecule has 0 atom stereocenters. The van der Waals surface area contributed by atoms with E-state index < -0.39 is 0 Å². The molecule has 0 bridgehead atoms. The monoisotopic (exact) mass is 327 g/mol. The number of hydrogen-bond acceptors (Lipinski definition) is 4. The van der Waals surface area contributed by atoms with Crippen molar-refractivity contribution in [3.8, 4) is 0 Å². The van der Waals surface area contributed by atoms with Gasteiger partial charge in [0.05, 0.1) is 5.56 Å². The number of hydrogen-bond donors (Lipinski definition) is 0. The molecule has 0 saturated carbocycles. The van der Waals surface area contributed by atoms with Crippen molar-refractivity contribution in [2.75, 3.05) is 26.7 Å². The van der Waals surface area contributed by atoms with Gasteiger partial charge in [-0.1, -0.05) is 0 Å². The number of rotatable bonds is 1. The van der Waals surface area contributed by atoms with Crippen molar-refractivity contribution in [2.45, 2.75) is 25.7 Å². The number of amides is 2. The van der Waals surface area contributed by atoms with Crippen LogP contribution in [0.5, 0.6) is 0 Å². The van der Waals surface area contributed by atoms with Crippen molar-refractivity contribution in [3.63, 3.8) is 0 Å². The Kier molecular flexibility index (Phi) is 3.51. The van der Waals surface area contributed by atoms with E-state index in [0.717, 1.165) is 38.9 Å². The van der Waals surface area contributed by atoms with E-state index in [1.165, 1.54) is 0 Å². The minimum Gasteiger partial charge on any atom is -0.345 e. The first kappa shape index (κ1) is 15.1. The first-order chi connectivity index (χ1) is 11.6. The smallest absolute Gasteiger partial charge is 0.257 e. The summed E-state index contributed by atoms with van der Waals surface area (Å²) in [5.74, 6) is 0.251. The van der Waals surface area contributed by atoms with Crippen LogP contribution in [0.1, 0.15) is 36.0 Å². The molecule has 2 saturated heterocycles. The third kappa shape index (κ3) is 2.44. The van der Waals surface area contributed by atoms with E-state index in [-0.39, 0.29) is 17.2 Å². The van der Waals surface area contributed by atoms with Crippen molar-refractivity contribution in [1.29, 1.82) is 0 Å². The van der Waals surface area contributed by atoms with Crippen LogP contribution in [0.25, 0.3) is 5.65 Å². The molecule has 24 heavy (non-hydrogen) atoms. The molecule has 0 aromatic carbocycles. The van der Waals surface area contributed by atoms with Gasteiger partial charge >= 0.3 is 0 Å². The first-order valence-electron chi connectivity index (χ1n) is 8.40. The van der Waals surface area contributed by atoms with Gasteiger partial charge in [-0.15, -0.1) is 10.2 Å². The molecule has 2 amide bonds. The molecule has 2 aliphatic rings. The number of aromatic nitrogens is 3. The number of nitrogens with zero attached hydrogens (tertiary/aromatic N) is 5. The molecule has 4 rings (SSSR count). The Labute approximate surface area is 140 Å². The predicted octanol–water partition coefficient (Wildman–Crippen LogP) is 1.20. The van der Waals surface area contributed by atoms with Crippen molar-refractivity contribution >= 4 is 17.5 Å². The lowest BCUT2D eigenvalue weighted by molar-refractivity contribution is -0.137. The maximum Gasteiger partial charge on any atom is 0.257 e. The van der Waals surface area contributed by atoms with Gasteiger partial charge in [-0.25, -0.2) is 0 Å². The van der Waals surface area contributed by atoms with Crippen LogP contribution in [0, 0.1) is 5.41 Å². The SMILES string of the molecule is CN1CC2(CCC1=O)CCN(C(=O)c1cccn3cnnc13)CC2. The van der Waals surface area contributed by atoms with Crippen LogP contribution in [0.3, 0.4) is 0 Å². The number of piperidine rings is 2. The molecule has 4 heterocycles. The highest BCUT2D eigenvalue weighted by Gasteiger charge is 2.40. The molecule has 2 aliphatic heterocycles. The van der Waals surface area contributed by atoms with E-state index >= 15 is 0 Å². The summed E-state index contributed by atoms with van der Waals surface area (Å²) in [5.41, 5.74) is 1.38. The van der Waals surface area contributed by atoms with Crippen molar-refractivity contribution < 1.29 is 9.59 Å². The average Bonchev–Trinajstić information content (AvgIpc) is 3.07. The number of pyridine rings is 1. The van der Waals surface area contributed by atoms with E-state index in [2.05, 4.69) is 10.2 Å². The summed E-state index contributed by atoms with van der Waals surface area (Å²) < 4.78 is 1.76. The lowest BCUT2D eigenvalue weighted by atomic mass is 9.72. The Morgan fingerprint density at radius 1 is 1.25 bits per heavy atom. The second-order valence-electron chi connectivity index (χ2n) is 7.03. The Morgan fingerprint density at radius 2 is 2.04 bits per heavy atom. The topological polar surface area (TPSA) is 70.8 Å². The van der Waals surface area contributed by atoms with Crippen LogP contribution in [0.15, 0.2) is 24.7 Å². The fourth-order valence-electron chi connectivity index (χ4n) is 4.01. The van der Waals surface area contributed by atoms with Crippen molar-refractivity contribution in [3.05, 3.63) is 30.2 Å². The molecule has 1 spiro atoms. The van der Waals surface area contributed by atoms with Crippen molar-refractivity contribution in [1.82, 2.24) is 24.4 Å². The maximum atomic E-state index is 12.9. The minimum absolute atomic E-state index is 0.0173. The van der Waals surface area contributed by atoms with Crippen LogP contribution >= 0.6 is 0 Å². The number of carbonyl (C=O) groups is 2. The summed E-state index contributed by atoms with van der Waals surface area (Å²) in [6.07, 6.45) is 6.91. The summed E-state index contributed by atoms with van der Waals surface area (Å²) >= 11 is 0. The average molecular weight is 327 g/mol. The number of likely N-dealkylation sites (tertiary alicyclic amines) is 2. The summed E-state index contributed by atoms with van der Waals surface area (Å²) in [7, 11) is 1.88. The molecule has 0 unspecified atom stereocenters. The van der Waals surface area contributed by atoms with E-state index in [1.807, 2.05) is 35.2 Å². The van der Waals surface area contributed by atoms with Crippen LogP contribution in [0.4, 0.5) is 0 Å². The summed E-state index contributed by atoms with van der Waals surface area (Å²) in [5, 5.41) is 7.94. The van der Waals surface area contributed by atoms with Crippen molar-refractivity contribution in [2.24, 2.45) is 5.41 Å². The Morgan fingerprint density at radius 3 is 2.79 bits per heavy atom. The number of carbonyl (C=O) groups excluding carboxylic acids is 2. The quantitative estimate of drug-likeness (QED) is 0.789. The van der Waals surface area contributed by atoms with Gasteiger partial charge < -0.3 is 9.80 Å². The Balaban J connectivity index is 1.49. The third-order valence-electron chi connectivity index (χ3n) is 5.53. The Hall–Kier alpha value is -2.44. The second kappa shape index (κ2) is 5.58. The van der Waals surface area contributed by atoms with Gasteiger partial charge in [0.15, 0.2) is 5.65 Å². The predicted molar refractivity (Wildman–Crippen MR) is 87.4 cm³/mol. The standard InChI is InChI=1S/C17H21N5O2/c1-20-11-17(5-4-14(20)23)6-9-21(10-7-17)16(24)13-3-2-8-22-12-18-19-15(13)22/h2-3,8,12H,4-7,9-11H2,1H3. The van der Waals surface area contributed by atoms with Gasteiger partial charge in [0.1, 0.15) is 6.33 Å². The lowest BCUT2D eigenvalue weighted by Crippen LogP contribution is -2.51. The normalized spacial score (nSPS) is 20.8. The van der Waals surface area contributed by atoms with Gasteiger partial charge in [0.2, 0.25) is 5.91 Å². The molecule has 7 nitrogen and oxygen atoms in total. The lowest BCUT2D eigenvalue weighted by Gasteiger charge is -2.46. The molecule has 126 valence electrons. The zero-order chi connectivity index (χ0) is 16.7. The molecule has 2 fully saturated rings. The number of fused-ring (bicyclic) bond motifs is 1. The molecule has 7 heteroatoms. The van der Waals surface area contributed by atoms with Gasteiger partial charge in [0.25, 0.3) is 5.91 Å². The summed E-state index contributed by atoms with van der Waals surface area (Å²) in [6.45, 7) is 2.28. The molecular weight excluding hydrogens is 306 g/mol. The minimum atomic E-state index is 0.0173. The fraction of sp³-hybridized carbons (Fsp3) is 0.529. The second-order valence-corrected chi connectivity index (χ2v) is 7.03. The molecule has 0 N–H and O–H groups in total. The Bertz CT molecular complexity index is 791. The maximum absolute atomic E-state index is 12.9. The van der Waals surface area contributed by atoms with Crippen LogP contribution in [0.2, 0.25) is 0 Å². The zero-order valence-electron chi connectivity index (χ0n) is 13.8. The van der Waals surface area contributed by atoms with Gasteiger partial charge in [0, 0.05) is 39.3 Å². The van der Waals surface area contributed by atoms with E-state index in [1.54, 1.807) is 10.7 Å². The zero-order valence-corrected chi connectivity index (χ0v) is 13.8. The summed E-state index contributed by atoms with van der Waals surface area (Å²) in [4.78, 5) is 28.4. The highest BCUT2D eigenvalue weighted by atomic mass is 16.2. The van der Waals surface area contributed by atoms with Gasteiger partial charge in [-0.2, -0.15) is 0 Å². The van der Waals surface area contributed by atoms with E-state index in [9.17, 15) is 9.59 Å². The highest BCUT2D eigenvalue weighted by molar-refractivity contribution is 5.99. The molecule has 0 aliphatic carbocycles. The van der Waals surface area contributed by atoms with E-state index in [4.69, 9.17) is 0 Å². The molecular formula is C17H21N5O2. The van der Waals surface area contributed by atoms with Crippen LogP contribution in [-0.2, 0) is 4.79 Å². The largest absolute Gasteiger partial charge is 0.345 e. The molecule has 2 aromatic rings. The van der Waals surface area contributed by atoms with Crippen LogP contribution in [-0.4, -0.2) is 62.9 Å². The van der Waals surface area contributed by atoms with Gasteiger partial charge in [-0.3, -0.25) is 14.0 Å². The first-order valence-corrected chi connectivity index (χ1v) is 8.40. The highest BCUT2D eigenvalue weighted by Crippen LogP contribution is 2.40. The molecule has 2 aromatic heterocycles.